The lowest BCUT2D eigenvalue weighted by atomic mass is 10.0. The molecule has 0 radical (unpaired) electrons. The maximum absolute atomic E-state index is 10.2. The molecule has 0 aliphatic rings. The predicted octanol–water partition coefficient (Wildman–Crippen LogP) is 3.00. The minimum absolute atomic E-state index is 0.495. The summed E-state index contributed by atoms with van der Waals surface area (Å²) >= 11 is 0. The van der Waals surface area contributed by atoms with E-state index in [2.05, 4.69) is 36.5 Å². The monoisotopic (exact) mass is 288 g/mol. The molecule has 0 spiro atoms. The number of hydrogen-bond acceptors (Lipinski definition) is 4. The van der Waals surface area contributed by atoms with Gasteiger partial charge >= 0.3 is 0 Å². The Morgan fingerprint density at radius 3 is 2.52 bits per heavy atom. The number of aliphatic hydroxyl groups excluding tert-OH is 1. The quantitative estimate of drug-likeness (QED) is 0.822. The van der Waals surface area contributed by atoms with Crippen molar-refractivity contribution in [3.8, 4) is 0 Å². The first-order valence-corrected chi connectivity index (χ1v) is 7.44. The van der Waals surface area contributed by atoms with Crippen molar-refractivity contribution in [1.82, 2.24) is 10.5 Å². The fourth-order valence-corrected chi connectivity index (χ4v) is 2.30. The van der Waals surface area contributed by atoms with Gasteiger partial charge in [-0.25, -0.2) is 0 Å². The second-order valence-corrected chi connectivity index (χ2v) is 5.92. The molecule has 21 heavy (non-hydrogen) atoms. The molecule has 0 fully saturated rings. The first-order valence-electron chi connectivity index (χ1n) is 7.44. The molecule has 1 unspecified atom stereocenters. The number of aromatic nitrogens is 1. The largest absolute Gasteiger partial charge is 0.387 e. The van der Waals surface area contributed by atoms with Crippen LogP contribution in [0.3, 0.4) is 0 Å². The van der Waals surface area contributed by atoms with Crippen LogP contribution in [0.2, 0.25) is 0 Å². The van der Waals surface area contributed by atoms with Crippen molar-refractivity contribution in [3.05, 3.63) is 52.9 Å². The molecule has 0 aliphatic carbocycles. The predicted molar refractivity (Wildman–Crippen MR) is 82.9 cm³/mol. The molecule has 1 aromatic carbocycles. The lowest BCUT2D eigenvalue weighted by molar-refractivity contribution is 0.174. The zero-order chi connectivity index (χ0) is 15.2. The zero-order valence-corrected chi connectivity index (χ0v) is 13.0. The highest BCUT2D eigenvalue weighted by Crippen LogP contribution is 2.15. The highest BCUT2D eigenvalue weighted by atomic mass is 16.5. The van der Waals surface area contributed by atoms with E-state index in [9.17, 15) is 5.11 Å². The van der Waals surface area contributed by atoms with E-state index >= 15 is 0 Å². The van der Waals surface area contributed by atoms with E-state index in [0.717, 1.165) is 23.4 Å². The summed E-state index contributed by atoms with van der Waals surface area (Å²) in [5, 5.41) is 17.3. The summed E-state index contributed by atoms with van der Waals surface area (Å²) in [6.07, 6.45) is 0.561. The standard InChI is InChI=1S/C17H24N2O2/c1-12(2)8-14-4-6-15(7-5-14)17(20)11-18-10-16-9-13(3)21-19-16/h4-7,9,12,17-18,20H,8,10-11H2,1-3H3. The van der Waals surface area contributed by atoms with E-state index in [1.165, 1.54) is 5.56 Å². The van der Waals surface area contributed by atoms with E-state index in [4.69, 9.17) is 4.52 Å². The second-order valence-electron chi connectivity index (χ2n) is 5.92. The number of rotatable bonds is 7. The molecule has 0 saturated heterocycles. The first-order chi connectivity index (χ1) is 10.0. The zero-order valence-electron chi connectivity index (χ0n) is 13.0. The molecule has 1 atom stereocenters. The Labute approximate surface area is 126 Å². The van der Waals surface area contributed by atoms with E-state index in [1.807, 2.05) is 25.1 Å². The van der Waals surface area contributed by atoms with Gasteiger partial charge in [-0.15, -0.1) is 0 Å². The number of nitrogens with zero attached hydrogens (tertiary/aromatic N) is 1. The van der Waals surface area contributed by atoms with Crippen molar-refractivity contribution < 1.29 is 9.63 Å². The Bertz CT molecular complexity index is 546. The summed E-state index contributed by atoms with van der Waals surface area (Å²) in [4.78, 5) is 0. The summed E-state index contributed by atoms with van der Waals surface area (Å²) in [5.41, 5.74) is 3.10. The third-order valence-electron chi connectivity index (χ3n) is 3.33. The number of hydrogen-bond donors (Lipinski definition) is 2. The summed E-state index contributed by atoms with van der Waals surface area (Å²) in [5.74, 6) is 1.45. The van der Waals surface area contributed by atoms with Gasteiger partial charge < -0.3 is 14.9 Å². The molecule has 0 aliphatic heterocycles. The van der Waals surface area contributed by atoms with Crippen molar-refractivity contribution in [3.63, 3.8) is 0 Å². The number of aryl methyl sites for hydroxylation is 1. The van der Waals surface area contributed by atoms with Gasteiger partial charge in [0, 0.05) is 19.2 Å². The Morgan fingerprint density at radius 1 is 1.24 bits per heavy atom. The van der Waals surface area contributed by atoms with Crippen LogP contribution in [0.5, 0.6) is 0 Å². The molecule has 1 heterocycles. The normalized spacial score (nSPS) is 12.8. The van der Waals surface area contributed by atoms with Crippen LogP contribution in [0.1, 0.15) is 42.5 Å². The highest BCUT2D eigenvalue weighted by molar-refractivity contribution is 5.24. The van der Waals surface area contributed by atoms with Gasteiger partial charge in [-0.05, 0) is 30.4 Å². The third kappa shape index (κ3) is 4.99. The first kappa shape index (κ1) is 15.7. The maximum atomic E-state index is 10.2. The van der Waals surface area contributed by atoms with E-state index in [-0.39, 0.29) is 0 Å². The maximum Gasteiger partial charge on any atom is 0.133 e. The number of benzene rings is 1. The van der Waals surface area contributed by atoms with E-state index in [0.29, 0.717) is 19.0 Å². The minimum Gasteiger partial charge on any atom is -0.387 e. The average Bonchev–Trinajstić information content (AvgIpc) is 2.84. The second kappa shape index (κ2) is 7.38. The molecule has 2 aromatic rings. The number of aliphatic hydroxyl groups is 1. The molecule has 2 rings (SSSR count). The summed E-state index contributed by atoms with van der Waals surface area (Å²) < 4.78 is 5.00. The summed E-state index contributed by atoms with van der Waals surface area (Å²) in [7, 11) is 0. The molecule has 4 heteroatoms. The smallest absolute Gasteiger partial charge is 0.133 e. The van der Waals surface area contributed by atoms with Gasteiger partial charge in [0.15, 0.2) is 0 Å². The van der Waals surface area contributed by atoms with Crippen molar-refractivity contribution in [2.75, 3.05) is 6.54 Å². The molecule has 1 aromatic heterocycles. The molecule has 4 nitrogen and oxygen atoms in total. The average molecular weight is 288 g/mol. The molecule has 0 bridgehead atoms. The summed E-state index contributed by atoms with van der Waals surface area (Å²) in [6, 6.07) is 10.1. The Hall–Kier alpha value is -1.65. The fraction of sp³-hybridized carbons (Fsp3) is 0.471. The van der Waals surface area contributed by atoms with Crippen molar-refractivity contribution in [2.45, 2.75) is 39.8 Å². The Balaban J connectivity index is 1.81. The van der Waals surface area contributed by atoms with Gasteiger partial charge in [-0.1, -0.05) is 43.3 Å². The molecule has 2 N–H and O–H groups in total. The highest BCUT2D eigenvalue weighted by Gasteiger charge is 2.08. The van der Waals surface area contributed by atoms with Gasteiger partial charge in [0.05, 0.1) is 11.8 Å². The Kier molecular flexibility index (Phi) is 5.53. The van der Waals surface area contributed by atoms with Gasteiger partial charge in [-0.2, -0.15) is 0 Å². The summed E-state index contributed by atoms with van der Waals surface area (Å²) in [6.45, 7) is 7.37. The minimum atomic E-state index is -0.508. The fourth-order valence-electron chi connectivity index (χ4n) is 2.30. The number of nitrogens with one attached hydrogen (secondary N) is 1. The SMILES string of the molecule is Cc1cc(CNCC(O)c2ccc(CC(C)C)cc2)no1. The van der Waals surface area contributed by atoms with Gasteiger partial charge in [0.2, 0.25) is 0 Å². The molecule has 0 saturated carbocycles. The molecular weight excluding hydrogens is 264 g/mol. The van der Waals surface area contributed by atoms with Crippen LogP contribution in [0.4, 0.5) is 0 Å². The topological polar surface area (TPSA) is 58.3 Å². The van der Waals surface area contributed by atoms with Crippen LogP contribution in [-0.4, -0.2) is 16.8 Å². The van der Waals surface area contributed by atoms with Crippen LogP contribution in [0, 0.1) is 12.8 Å². The lowest BCUT2D eigenvalue weighted by Gasteiger charge is -2.13. The van der Waals surface area contributed by atoms with Crippen molar-refractivity contribution >= 4 is 0 Å². The van der Waals surface area contributed by atoms with Gasteiger partial charge in [0.1, 0.15) is 5.76 Å². The van der Waals surface area contributed by atoms with E-state index < -0.39 is 6.10 Å². The van der Waals surface area contributed by atoms with Crippen LogP contribution in [-0.2, 0) is 13.0 Å². The molecule has 114 valence electrons. The lowest BCUT2D eigenvalue weighted by Crippen LogP contribution is -2.21. The van der Waals surface area contributed by atoms with Crippen molar-refractivity contribution in [1.29, 1.82) is 0 Å². The molecule has 0 amide bonds. The van der Waals surface area contributed by atoms with E-state index in [1.54, 1.807) is 0 Å². The van der Waals surface area contributed by atoms with Crippen LogP contribution in [0.15, 0.2) is 34.9 Å². The van der Waals surface area contributed by atoms with Crippen LogP contribution >= 0.6 is 0 Å². The van der Waals surface area contributed by atoms with Crippen LogP contribution < -0.4 is 5.32 Å². The Morgan fingerprint density at radius 2 is 1.95 bits per heavy atom. The molecular formula is C17H24N2O2. The van der Waals surface area contributed by atoms with Gasteiger partial charge in [-0.3, -0.25) is 0 Å². The van der Waals surface area contributed by atoms with Gasteiger partial charge in [0.25, 0.3) is 0 Å². The van der Waals surface area contributed by atoms with Crippen LogP contribution in [0.25, 0.3) is 0 Å². The third-order valence-corrected chi connectivity index (χ3v) is 3.33. The van der Waals surface area contributed by atoms with Crippen molar-refractivity contribution in [2.24, 2.45) is 5.92 Å².